The molecule has 4 N–H and O–H groups in total. The molecule has 1 unspecified atom stereocenters. The summed E-state index contributed by atoms with van der Waals surface area (Å²) in [5, 5.41) is 16.5. The van der Waals surface area contributed by atoms with Crippen LogP contribution in [0.4, 0.5) is 16.2 Å². The van der Waals surface area contributed by atoms with Crippen molar-refractivity contribution in [2.24, 2.45) is 0 Å². The third kappa shape index (κ3) is 5.88. The average Bonchev–Trinajstić information content (AvgIpc) is 3.08. The van der Waals surface area contributed by atoms with Gasteiger partial charge in [-0.15, -0.1) is 0 Å². The number of carboxylic acid groups (broad SMARTS) is 1. The van der Waals surface area contributed by atoms with Crippen molar-refractivity contribution >= 4 is 29.3 Å². The normalized spacial score (nSPS) is 16.4. The lowest BCUT2D eigenvalue weighted by molar-refractivity contribution is -0.137. The predicted molar refractivity (Wildman–Crippen MR) is 87.9 cm³/mol. The van der Waals surface area contributed by atoms with Gasteiger partial charge in [-0.25, -0.2) is 4.79 Å². The molecule has 0 radical (unpaired) electrons. The zero-order valence-electron chi connectivity index (χ0n) is 13.2. The Hall–Kier alpha value is -2.61. The summed E-state index contributed by atoms with van der Waals surface area (Å²) in [6.07, 6.45) is 1.62. The largest absolute Gasteiger partial charge is 0.481 e. The summed E-state index contributed by atoms with van der Waals surface area (Å²) in [5.74, 6) is -1.05. The molecule has 0 aliphatic carbocycles. The van der Waals surface area contributed by atoms with Gasteiger partial charge in [-0.05, 0) is 43.5 Å². The zero-order valence-corrected chi connectivity index (χ0v) is 13.2. The number of benzene rings is 1. The Morgan fingerprint density at radius 1 is 1.12 bits per heavy atom. The molecule has 1 fully saturated rings. The minimum Gasteiger partial charge on any atom is -0.481 e. The van der Waals surface area contributed by atoms with Crippen LogP contribution in [-0.2, 0) is 14.3 Å². The number of carboxylic acids is 1. The molecule has 1 aliphatic heterocycles. The second-order valence-corrected chi connectivity index (χ2v) is 5.45. The second-order valence-electron chi connectivity index (χ2n) is 5.45. The fraction of sp³-hybridized carbons (Fsp3) is 0.438. The first kappa shape index (κ1) is 17.7. The number of aliphatic carboxylic acids is 1. The summed E-state index contributed by atoms with van der Waals surface area (Å²) in [6, 6.07) is 6.31. The predicted octanol–water partition coefficient (Wildman–Crippen LogP) is 1.79. The van der Waals surface area contributed by atoms with Crippen molar-refractivity contribution in [1.82, 2.24) is 5.32 Å². The van der Waals surface area contributed by atoms with Gasteiger partial charge in [0.25, 0.3) is 5.91 Å². The number of carbonyl (C=O) groups is 3. The standard InChI is InChI=1S/C16H21N3O5/c20-14(21)4-1-9-17-16(23)19-12-7-5-11(6-8-12)18-15(22)13-3-2-10-24-13/h5-8,13H,1-4,9-10H2,(H,18,22)(H,20,21)(H2,17,19,23). The monoisotopic (exact) mass is 335 g/mol. The highest BCUT2D eigenvalue weighted by molar-refractivity contribution is 5.95. The number of urea groups is 1. The van der Waals surface area contributed by atoms with Crippen LogP contribution in [0.5, 0.6) is 0 Å². The lowest BCUT2D eigenvalue weighted by Gasteiger charge is -2.11. The van der Waals surface area contributed by atoms with Crippen molar-refractivity contribution in [2.45, 2.75) is 31.8 Å². The van der Waals surface area contributed by atoms with E-state index in [0.29, 0.717) is 24.4 Å². The first-order valence-electron chi connectivity index (χ1n) is 7.84. The molecule has 1 saturated heterocycles. The molecule has 130 valence electrons. The fourth-order valence-corrected chi connectivity index (χ4v) is 2.26. The molecular formula is C16H21N3O5. The summed E-state index contributed by atoms with van der Waals surface area (Å²) in [6.45, 7) is 0.899. The number of hydrogen-bond donors (Lipinski definition) is 4. The average molecular weight is 335 g/mol. The molecule has 1 aliphatic rings. The van der Waals surface area contributed by atoms with Crippen LogP contribution in [0.15, 0.2) is 24.3 Å². The molecule has 1 aromatic carbocycles. The molecule has 2 rings (SSSR count). The molecule has 3 amide bonds. The SMILES string of the molecule is O=C(O)CCCNC(=O)Nc1ccc(NC(=O)C2CCCO2)cc1. The maximum absolute atomic E-state index is 11.9. The van der Waals surface area contributed by atoms with Crippen molar-refractivity contribution in [2.75, 3.05) is 23.8 Å². The summed E-state index contributed by atoms with van der Waals surface area (Å²) in [5.41, 5.74) is 1.20. The van der Waals surface area contributed by atoms with Crippen LogP contribution in [0.2, 0.25) is 0 Å². The topological polar surface area (TPSA) is 117 Å². The number of rotatable bonds is 7. The number of anilines is 2. The van der Waals surface area contributed by atoms with Crippen molar-refractivity contribution in [1.29, 1.82) is 0 Å². The lowest BCUT2D eigenvalue weighted by atomic mass is 10.2. The van der Waals surface area contributed by atoms with Gasteiger partial charge in [0.05, 0.1) is 0 Å². The molecule has 8 nitrogen and oxygen atoms in total. The molecule has 0 aromatic heterocycles. The molecule has 24 heavy (non-hydrogen) atoms. The van der Waals surface area contributed by atoms with Gasteiger partial charge in [-0.1, -0.05) is 0 Å². The zero-order chi connectivity index (χ0) is 17.4. The third-order valence-corrected chi connectivity index (χ3v) is 3.49. The highest BCUT2D eigenvalue weighted by Gasteiger charge is 2.23. The van der Waals surface area contributed by atoms with E-state index in [9.17, 15) is 14.4 Å². The summed E-state index contributed by atoms with van der Waals surface area (Å²) in [4.78, 5) is 33.9. The van der Waals surface area contributed by atoms with E-state index >= 15 is 0 Å². The van der Waals surface area contributed by atoms with Gasteiger partial charge in [0.1, 0.15) is 6.10 Å². The van der Waals surface area contributed by atoms with Crippen LogP contribution in [0.25, 0.3) is 0 Å². The molecule has 0 bridgehead atoms. The lowest BCUT2D eigenvalue weighted by Crippen LogP contribution is -2.29. The Morgan fingerprint density at radius 2 is 1.79 bits per heavy atom. The van der Waals surface area contributed by atoms with Crippen molar-refractivity contribution in [3.8, 4) is 0 Å². The van der Waals surface area contributed by atoms with Gasteiger partial charge in [0, 0.05) is 30.9 Å². The summed E-state index contributed by atoms with van der Waals surface area (Å²) in [7, 11) is 0. The van der Waals surface area contributed by atoms with Crippen LogP contribution >= 0.6 is 0 Å². The molecule has 0 spiro atoms. The van der Waals surface area contributed by atoms with E-state index in [4.69, 9.17) is 9.84 Å². The maximum atomic E-state index is 11.9. The first-order valence-corrected chi connectivity index (χ1v) is 7.84. The number of nitrogens with one attached hydrogen (secondary N) is 3. The second kappa shape index (κ2) is 8.88. The molecule has 1 atom stereocenters. The van der Waals surface area contributed by atoms with E-state index in [-0.39, 0.29) is 25.0 Å². The number of amides is 3. The summed E-state index contributed by atoms with van der Waals surface area (Å²) < 4.78 is 5.31. The third-order valence-electron chi connectivity index (χ3n) is 3.49. The van der Waals surface area contributed by atoms with Gasteiger partial charge in [-0.3, -0.25) is 9.59 Å². The van der Waals surface area contributed by atoms with Crippen molar-refractivity contribution in [3.63, 3.8) is 0 Å². The minimum atomic E-state index is -0.891. The van der Waals surface area contributed by atoms with Crippen LogP contribution < -0.4 is 16.0 Å². The van der Waals surface area contributed by atoms with Crippen molar-refractivity contribution in [3.05, 3.63) is 24.3 Å². The van der Waals surface area contributed by atoms with Gasteiger partial charge in [-0.2, -0.15) is 0 Å². The van der Waals surface area contributed by atoms with Gasteiger partial charge in [0.15, 0.2) is 0 Å². The maximum Gasteiger partial charge on any atom is 0.319 e. The molecular weight excluding hydrogens is 314 g/mol. The van der Waals surface area contributed by atoms with E-state index in [1.807, 2.05) is 0 Å². The van der Waals surface area contributed by atoms with E-state index in [1.165, 1.54) is 0 Å². The Balaban J connectivity index is 1.73. The van der Waals surface area contributed by atoms with Crippen LogP contribution in [0.3, 0.4) is 0 Å². The van der Waals surface area contributed by atoms with Gasteiger partial charge >= 0.3 is 12.0 Å². The van der Waals surface area contributed by atoms with Crippen molar-refractivity contribution < 1.29 is 24.2 Å². The van der Waals surface area contributed by atoms with Gasteiger partial charge < -0.3 is 25.8 Å². The first-order chi connectivity index (χ1) is 11.5. The van der Waals surface area contributed by atoms with E-state index < -0.39 is 12.0 Å². The van der Waals surface area contributed by atoms with Crippen LogP contribution in [0.1, 0.15) is 25.7 Å². The molecule has 0 saturated carbocycles. The van der Waals surface area contributed by atoms with E-state index in [1.54, 1.807) is 24.3 Å². The quantitative estimate of drug-likeness (QED) is 0.567. The Labute approximate surface area is 139 Å². The molecule has 1 aromatic rings. The number of hydrogen-bond acceptors (Lipinski definition) is 4. The Kier molecular flexibility index (Phi) is 6.56. The molecule has 1 heterocycles. The summed E-state index contributed by atoms with van der Waals surface area (Å²) >= 11 is 0. The van der Waals surface area contributed by atoms with E-state index in [0.717, 1.165) is 12.8 Å². The fourth-order valence-electron chi connectivity index (χ4n) is 2.26. The smallest absolute Gasteiger partial charge is 0.319 e. The number of carbonyl (C=O) groups excluding carboxylic acids is 2. The van der Waals surface area contributed by atoms with Gasteiger partial charge in [0.2, 0.25) is 0 Å². The van der Waals surface area contributed by atoms with Crippen LogP contribution in [0, 0.1) is 0 Å². The highest BCUT2D eigenvalue weighted by atomic mass is 16.5. The number of ether oxygens (including phenoxy) is 1. The van der Waals surface area contributed by atoms with Crippen LogP contribution in [-0.4, -0.2) is 42.3 Å². The minimum absolute atomic E-state index is 0.0133. The Morgan fingerprint density at radius 3 is 2.38 bits per heavy atom. The molecule has 8 heteroatoms. The highest BCUT2D eigenvalue weighted by Crippen LogP contribution is 2.17. The van der Waals surface area contributed by atoms with E-state index in [2.05, 4.69) is 16.0 Å². The Bertz CT molecular complexity index is 582.